The molecule has 0 fully saturated rings. The number of nitrogens with zero attached hydrogens (tertiary/aromatic N) is 2. The van der Waals surface area contributed by atoms with E-state index in [1.54, 1.807) is 11.5 Å². The van der Waals surface area contributed by atoms with Crippen molar-refractivity contribution < 1.29 is 8.42 Å². The Morgan fingerprint density at radius 3 is 2.62 bits per heavy atom. The molecule has 0 aliphatic heterocycles. The minimum absolute atomic E-state index is 0.0798. The van der Waals surface area contributed by atoms with Gasteiger partial charge in [0.05, 0.1) is 11.9 Å². The Kier molecular flexibility index (Phi) is 3.13. The van der Waals surface area contributed by atoms with Crippen molar-refractivity contribution in [3.05, 3.63) is 10.8 Å². The topological polar surface area (TPSA) is 52.0 Å². The van der Waals surface area contributed by atoms with Crippen LogP contribution in [0.15, 0.2) is 16.0 Å². The van der Waals surface area contributed by atoms with Crippen LogP contribution in [0.1, 0.15) is 13.8 Å². The van der Waals surface area contributed by atoms with E-state index in [0.717, 1.165) is 0 Å². The predicted molar refractivity (Wildman–Crippen MR) is 53.3 cm³/mol. The molecule has 1 heterocycles. The van der Waals surface area contributed by atoms with Crippen molar-refractivity contribution in [2.45, 2.75) is 25.5 Å². The van der Waals surface area contributed by atoms with Crippen molar-refractivity contribution >= 4 is 25.8 Å². The van der Waals surface area contributed by atoms with Crippen LogP contribution in [0, 0.1) is 0 Å². The second kappa shape index (κ2) is 3.79. The Labute approximate surface area is 86.0 Å². The van der Waals surface area contributed by atoms with E-state index in [1.807, 2.05) is 6.92 Å². The highest BCUT2D eigenvalue weighted by Gasteiger charge is 2.19. The quantitative estimate of drug-likeness (QED) is 0.833. The highest BCUT2D eigenvalue weighted by molar-refractivity contribution is 9.10. The average molecular weight is 267 g/mol. The zero-order valence-electron chi connectivity index (χ0n) is 7.49. The van der Waals surface area contributed by atoms with E-state index in [1.165, 1.54) is 6.20 Å². The zero-order valence-corrected chi connectivity index (χ0v) is 9.89. The lowest BCUT2D eigenvalue weighted by Crippen LogP contribution is -2.12. The third-order valence-corrected chi connectivity index (χ3v) is 4.02. The van der Waals surface area contributed by atoms with Gasteiger partial charge in [0.15, 0.2) is 0 Å². The maximum atomic E-state index is 11.5. The van der Waals surface area contributed by atoms with Crippen LogP contribution in [0.3, 0.4) is 0 Å². The smallest absolute Gasteiger partial charge is 0.228 e. The number of aromatic nitrogens is 2. The van der Waals surface area contributed by atoms with Crippen molar-refractivity contribution in [1.82, 2.24) is 9.55 Å². The summed E-state index contributed by atoms with van der Waals surface area (Å²) in [4.78, 5) is 3.86. The lowest BCUT2D eigenvalue weighted by molar-refractivity contribution is 0.567. The van der Waals surface area contributed by atoms with E-state index in [0.29, 0.717) is 11.1 Å². The molecule has 0 aromatic carbocycles. The molecule has 0 aliphatic carbocycles. The second-order valence-electron chi connectivity index (χ2n) is 2.51. The maximum Gasteiger partial charge on any atom is 0.228 e. The van der Waals surface area contributed by atoms with E-state index in [2.05, 4.69) is 20.9 Å². The fraction of sp³-hybridized carbons (Fsp3) is 0.571. The predicted octanol–water partition coefficient (Wildman–Crippen LogP) is 1.46. The number of imidazole rings is 1. The first-order valence-electron chi connectivity index (χ1n) is 3.96. The van der Waals surface area contributed by atoms with Crippen LogP contribution < -0.4 is 0 Å². The van der Waals surface area contributed by atoms with Crippen molar-refractivity contribution in [1.29, 1.82) is 0 Å². The summed E-state index contributed by atoms with van der Waals surface area (Å²) < 4.78 is 25.3. The molecule has 1 rings (SSSR count). The summed E-state index contributed by atoms with van der Waals surface area (Å²) in [5.74, 6) is 0.0798. The first-order chi connectivity index (χ1) is 6.03. The fourth-order valence-corrected chi connectivity index (χ4v) is 2.68. The molecule has 0 unspecified atom stereocenters. The molecule has 0 saturated heterocycles. The van der Waals surface area contributed by atoms with E-state index < -0.39 is 9.84 Å². The minimum atomic E-state index is -3.20. The molecule has 0 bridgehead atoms. The molecule has 0 aliphatic rings. The van der Waals surface area contributed by atoms with E-state index in [4.69, 9.17) is 0 Å². The highest BCUT2D eigenvalue weighted by atomic mass is 79.9. The largest absolute Gasteiger partial charge is 0.310 e. The molecule has 0 atom stereocenters. The van der Waals surface area contributed by atoms with Crippen molar-refractivity contribution in [2.24, 2.45) is 0 Å². The molecule has 13 heavy (non-hydrogen) atoms. The van der Waals surface area contributed by atoms with Gasteiger partial charge >= 0.3 is 0 Å². The Morgan fingerprint density at radius 1 is 1.54 bits per heavy atom. The maximum absolute atomic E-state index is 11.5. The van der Waals surface area contributed by atoms with Gasteiger partial charge in [-0.05, 0) is 22.9 Å². The third-order valence-electron chi connectivity index (χ3n) is 1.74. The summed E-state index contributed by atoms with van der Waals surface area (Å²) in [6.07, 6.45) is 1.51. The number of hydrogen-bond acceptors (Lipinski definition) is 3. The summed E-state index contributed by atoms with van der Waals surface area (Å²) in [6, 6.07) is 0. The zero-order chi connectivity index (χ0) is 10.1. The summed E-state index contributed by atoms with van der Waals surface area (Å²) in [5.41, 5.74) is 0. The molecule has 6 heteroatoms. The van der Waals surface area contributed by atoms with Gasteiger partial charge in [-0.3, -0.25) is 0 Å². The molecule has 0 spiro atoms. The first kappa shape index (κ1) is 10.7. The van der Waals surface area contributed by atoms with Gasteiger partial charge in [-0.15, -0.1) is 0 Å². The van der Waals surface area contributed by atoms with Gasteiger partial charge in [0.25, 0.3) is 0 Å². The molecule has 1 aromatic heterocycles. The molecule has 4 nitrogen and oxygen atoms in total. The van der Waals surface area contributed by atoms with Crippen molar-refractivity contribution in [3.63, 3.8) is 0 Å². The van der Waals surface area contributed by atoms with Crippen LogP contribution in [0.4, 0.5) is 0 Å². The van der Waals surface area contributed by atoms with Crippen molar-refractivity contribution in [2.75, 3.05) is 5.75 Å². The number of rotatable bonds is 3. The summed E-state index contributed by atoms with van der Waals surface area (Å²) >= 11 is 3.23. The molecular weight excluding hydrogens is 256 g/mol. The average Bonchev–Trinajstić information content (AvgIpc) is 2.47. The van der Waals surface area contributed by atoms with Crippen LogP contribution in [0.5, 0.6) is 0 Å². The SMILES string of the molecule is CCn1c(Br)cnc1S(=O)(=O)CC. The Balaban J connectivity index is 3.31. The third kappa shape index (κ3) is 1.94. The summed E-state index contributed by atoms with van der Waals surface area (Å²) in [5, 5.41) is 0.143. The standard InChI is InChI=1S/C7H11BrN2O2S/c1-3-10-6(8)5-9-7(10)13(11,12)4-2/h5H,3-4H2,1-2H3. The first-order valence-corrected chi connectivity index (χ1v) is 6.41. The Morgan fingerprint density at radius 2 is 2.15 bits per heavy atom. The van der Waals surface area contributed by atoms with Gasteiger partial charge in [0.2, 0.25) is 15.0 Å². The van der Waals surface area contributed by atoms with Crippen LogP contribution in [-0.2, 0) is 16.4 Å². The minimum Gasteiger partial charge on any atom is -0.310 e. The fourth-order valence-electron chi connectivity index (χ4n) is 1.00. The number of hydrogen-bond donors (Lipinski definition) is 0. The molecule has 1 aromatic rings. The van der Waals surface area contributed by atoms with E-state index in [-0.39, 0.29) is 10.9 Å². The molecular formula is C7H11BrN2O2S. The number of sulfone groups is 1. The van der Waals surface area contributed by atoms with Crippen LogP contribution >= 0.6 is 15.9 Å². The van der Waals surface area contributed by atoms with Gasteiger partial charge in [-0.2, -0.15) is 0 Å². The second-order valence-corrected chi connectivity index (χ2v) is 5.50. The van der Waals surface area contributed by atoms with Crippen LogP contribution in [-0.4, -0.2) is 23.7 Å². The lowest BCUT2D eigenvalue weighted by atomic mass is 10.7. The van der Waals surface area contributed by atoms with Gasteiger partial charge in [-0.25, -0.2) is 13.4 Å². The summed E-state index contributed by atoms with van der Waals surface area (Å²) in [6.45, 7) is 4.08. The van der Waals surface area contributed by atoms with Gasteiger partial charge in [0, 0.05) is 6.54 Å². The lowest BCUT2D eigenvalue weighted by Gasteiger charge is -2.04. The van der Waals surface area contributed by atoms with Crippen LogP contribution in [0.25, 0.3) is 0 Å². The van der Waals surface area contributed by atoms with Crippen LogP contribution in [0.2, 0.25) is 0 Å². The molecule has 0 N–H and O–H groups in total. The van der Waals surface area contributed by atoms with E-state index >= 15 is 0 Å². The monoisotopic (exact) mass is 266 g/mol. The number of halogens is 1. The molecule has 74 valence electrons. The van der Waals surface area contributed by atoms with Gasteiger partial charge < -0.3 is 4.57 Å². The van der Waals surface area contributed by atoms with E-state index in [9.17, 15) is 8.42 Å². The molecule has 0 saturated carbocycles. The molecule has 0 amide bonds. The normalized spacial score (nSPS) is 11.9. The van der Waals surface area contributed by atoms with Gasteiger partial charge in [-0.1, -0.05) is 6.92 Å². The van der Waals surface area contributed by atoms with Crippen molar-refractivity contribution in [3.8, 4) is 0 Å². The molecule has 0 radical (unpaired) electrons. The Hall–Kier alpha value is -0.360. The highest BCUT2D eigenvalue weighted by Crippen LogP contribution is 2.17. The Bertz CT molecular complexity index is 397. The summed E-state index contributed by atoms with van der Waals surface area (Å²) in [7, 11) is -3.20. The van der Waals surface area contributed by atoms with Gasteiger partial charge in [0.1, 0.15) is 4.60 Å².